The minimum Gasteiger partial charge on any atom is -0.462 e. The molecule has 3 aromatic rings. The predicted molar refractivity (Wildman–Crippen MR) is 116 cm³/mol. The van der Waals surface area contributed by atoms with Gasteiger partial charge in [-0.2, -0.15) is 0 Å². The van der Waals surface area contributed by atoms with Crippen molar-refractivity contribution in [2.75, 3.05) is 17.7 Å². The molecule has 162 valence electrons. The van der Waals surface area contributed by atoms with E-state index < -0.39 is 11.8 Å². The fraction of sp³-hybridized carbons (Fsp3) is 0.333. The molecule has 7 nitrogen and oxygen atoms in total. The molecular formula is C21H20FN3O4S2. The third-order valence-corrected chi connectivity index (χ3v) is 6.77. The normalized spacial score (nSPS) is 13.0. The Hall–Kier alpha value is -2.72. The molecular weight excluding hydrogens is 441 g/mol. The van der Waals surface area contributed by atoms with Crippen LogP contribution in [0, 0.1) is 5.82 Å². The van der Waals surface area contributed by atoms with Crippen molar-refractivity contribution in [3.63, 3.8) is 0 Å². The lowest BCUT2D eigenvalue weighted by Gasteiger charge is -2.12. The average Bonchev–Trinajstić information content (AvgIpc) is 3.37. The van der Waals surface area contributed by atoms with Crippen LogP contribution in [0.15, 0.2) is 33.9 Å². The van der Waals surface area contributed by atoms with Crippen LogP contribution in [-0.2, 0) is 22.4 Å². The Kier molecular flexibility index (Phi) is 6.67. The number of nitrogens with zero attached hydrogens (tertiary/aromatic N) is 2. The van der Waals surface area contributed by atoms with Crippen molar-refractivity contribution in [2.45, 2.75) is 37.8 Å². The van der Waals surface area contributed by atoms with Crippen LogP contribution in [-0.4, -0.2) is 34.4 Å². The quantitative estimate of drug-likeness (QED) is 0.402. The van der Waals surface area contributed by atoms with E-state index in [0.29, 0.717) is 10.6 Å². The summed E-state index contributed by atoms with van der Waals surface area (Å²) >= 11 is 2.48. The number of thiophene rings is 1. The van der Waals surface area contributed by atoms with E-state index >= 15 is 0 Å². The summed E-state index contributed by atoms with van der Waals surface area (Å²) in [5.74, 6) is -1.12. The summed E-state index contributed by atoms with van der Waals surface area (Å²) < 4.78 is 24.5. The number of rotatable bonds is 7. The molecule has 0 spiro atoms. The largest absolute Gasteiger partial charge is 0.462 e. The van der Waals surface area contributed by atoms with E-state index in [1.807, 2.05) is 0 Å². The molecule has 2 heterocycles. The Morgan fingerprint density at radius 1 is 1.26 bits per heavy atom. The molecule has 0 bridgehead atoms. The van der Waals surface area contributed by atoms with E-state index in [1.54, 1.807) is 25.1 Å². The van der Waals surface area contributed by atoms with Gasteiger partial charge in [-0.15, -0.1) is 21.5 Å². The highest BCUT2D eigenvalue weighted by Gasteiger charge is 2.27. The third kappa shape index (κ3) is 4.80. The number of anilines is 1. The van der Waals surface area contributed by atoms with Gasteiger partial charge in [-0.1, -0.05) is 23.9 Å². The third-order valence-electron chi connectivity index (χ3n) is 4.74. The molecule has 1 aliphatic carbocycles. The van der Waals surface area contributed by atoms with Crippen LogP contribution in [0.5, 0.6) is 0 Å². The smallest absolute Gasteiger partial charge is 0.341 e. The Labute approximate surface area is 186 Å². The molecule has 31 heavy (non-hydrogen) atoms. The zero-order chi connectivity index (χ0) is 21.8. The van der Waals surface area contributed by atoms with Crippen molar-refractivity contribution in [1.29, 1.82) is 0 Å². The number of nitrogens with one attached hydrogen (secondary N) is 1. The maximum Gasteiger partial charge on any atom is 0.341 e. The van der Waals surface area contributed by atoms with Crippen molar-refractivity contribution < 1.29 is 23.1 Å². The molecule has 10 heteroatoms. The number of amides is 1. The van der Waals surface area contributed by atoms with Gasteiger partial charge in [0.15, 0.2) is 0 Å². The van der Waals surface area contributed by atoms with Crippen LogP contribution in [0.2, 0.25) is 0 Å². The summed E-state index contributed by atoms with van der Waals surface area (Å²) in [4.78, 5) is 26.2. The number of aromatic nitrogens is 2. The molecule has 1 amide bonds. The van der Waals surface area contributed by atoms with Gasteiger partial charge in [-0.05, 0) is 50.3 Å². The molecule has 0 atom stereocenters. The van der Waals surface area contributed by atoms with Gasteiger partial charge in [0, 0.05) is 4.88 Å². The van der Waals surface area contributed by atoms with Gasteiger partial charge in [-0.25, -0.2) is 9.18 Å². The van der Waals surface area contributed by atoms with Gasteiger partial charge in [-0.3, -0.25) is 4.79 Å². The molecule has 4 rings (SSSR count). The van der Waals surface area contributed by atoms with Gasteiger partial charge in [0.2, 0.25) is 5.91 Å². The zero-order valence-electron chi connectivity index (χ0n) is 16.8. The minimum absolute atomic E-state index is 0.00371. The number of ether oxygens (including phenoxy) is 1. The topological polar surface area (TPSA) is 94.3 Å². The number of thioether (sulfide) groups is 1. The Bertz CT molecular complexity index is 1110. The van der Waals surface area contributed by atoms with E-state index in [1.165, 1.54) is 17.4 Å². The van der Waals surface area contributed by atoms with Crippen molar-refractivity contribution >= 4 is 40.0 Å². The summed E-state index contributed by atoms with van der Waals surface area (Å²) in [7, 11) is 0. The highest BCUT2D eigenvalue weighted by molar-refractivity contribution is 7.99. The number of fused-ring (bicyclic) bond motifs is 1. The van der Waals surface area contributed by atoms with Crippen LogP contribution >= 0.6 is 23.1 Å². The molecule has 0 saturated heterocycles. The number of hydrogen-bond donors (Lipinski definition) is 1. The molecule has 2 aromatic heterocycles. The van der Waals surface area contributed by atoms with Crippen molar-refractivity contribution in [2.24, 2.45) is 0 Å². The van der Waals surface area contributed by atoms with Crippen LogP contribution in [0.1, 0.15) is 40.6 Å². The Morgan fingerprint density at radius 2 is 2.06 bits per heavy atom. The van der Waals surface area contributed by atoms with Crippen molar-refractivity contribution in [1.82, 2.24) is 10.2 Å². The fourth-order valence-electron chi connectivity index (χ4n) is 3.37. The van der Waals surface area contributed by atoms with Gasteiger partial charge in [0.05, 0.1) is 23.5 Å². The average molecular weight is 462 g/mol. The van der Waals surface area contributed by atoms with Gasteiger partial charge in [0.25, 0.3) is 11.1 Å². The second-order valence-corrected chi connectivity index (χ2v) is 8.86. The lowest BCUT2D eigenvalue weighted by molar-refractivity contribution is -0.113. The molecule has 0 saturated carbocycles. The number of carbonyl (C=O) groups excluding carboxylic acids is 2. The Balaban J connectivity index is 1.43. The standard InChI is InChI=1S/C21H20FN3O4S2/c1-2-28-20(27)17-13-8-4-6-10-15(13)31-19(17)23-16(26)11-30-21-25-24-18(29-21)12-7-3-5-9-14(12)22/h3,5,7,9H,2,4,6,8,10-11H2,1H3,(H,23,26). The first-order valence-electron chi connectivity index (χ1n) is 9.89. The molecule has 1 aliphatic rings. The number of aryl methyl sites for hydroxylation is 1. The number of carbonyl (C=O) groups is 2. The molecule has 1 aromatic carbocycles. The SMILES string of the molecule is CCOC(=O)c1c(NC(=O)CSc2nnc(-c3ccccc3F)o2)sc2c1CCCC2. The minimum atomic E-state index is -0.464. The predicted octanol–water partition coefficient (Wildman–Crippen LogP) is 4.72. The summed E-state index contributed by atoms with van der Waals surface area (Å²) in [6.45, 7) is 2.03. The number of benzene rings is 1. The van der Waals surface area contributed by atoms with Gasteiger partial charge in [0.1, 0.15) is 10.8 Å². The van der Waals surface area contributed by atoms with E-state index in [4.69, 9.17) is 9.15 Å². The van der Waals surface area contributed by atoms with Gasteiger partial charge >= 0.3 is 5.97 Å². The first kappa shape index (κ1) is 21.5. The van der Waals surface area contributed by atoms with E-state index in [9.17, 15) is 14.0 Å². The van der Waals surface area contributed by atoms with E-state index in [-0.39, 0.29) is 34.9 Å². The maximum absolute atomic E-state index is 13.9. The van der Waals surface area contributed by atoms with Crippen LogP contribution < -0.4 is 5.32 Å². The first-order chi connectivity index (χ1) is 15.1. The lowest BCUT2D eigenvalue weighted by Crippen LogP contribution is -2.17. The second-order valence-electron chi connectivity index (χ2n) is 6.83. The summed E-state index contributed by atoms with van der Waals surface area (Å²) in [5.41, 5.74) is 1.66. The molecule has 1 N–H and O–H groups in total. The first-order valence-corrected chi connectivity index (χ1v) is 11.7. The van der Waals surface area contributed by atoms with Gasteiger partial charge < -0.3 is 14.5 Å². The zero-order valence-corrected chi connectivity index (χ0v) is 18.4. The van der Waals surface area contributed by atoms with Crippen molar-refractivity contribution in [3.05, 3.63) is 46.1 Å². The summed E-state index contributed by atoms with van der Waals surface area (Å²) in [6.07, 6.45) is 3.80. The van der Waals surface area contributed by atoms with Crippen LogP contribution in [0.4, 0.5) is 9.39 Å². The van der Waals surface area contributed by atoms with Crippen LogP contribution in [0.25, 0.3) is 11.5 Å². The van der Waals surface area contributed by atoms with E-state index in [2.05, 4.69) is 15.5 Å². The number of hydrogen-bond acceptors (Lipinski definition) is 8. The fourth-order valence-corrected chi connectivity index (χ4v) is 5.23. The molecule has 0 unspecified atom stereocenters. The maximum atomic E-state index is 13.9. The molecule has 0 aliphatic heterocycles. The second kappa shape index (κ2) is 9.61. The lowest BCUT2D eigenvalue weighted by atomic mass is 9.95. The summed E-state index contributed by atoms with van der Waals surface area (Å²) in [6, 6.07) is 6.09. The monoisotopic (exact) mass is 461 g/mol. The number of halogens is 1. The Morgan fingerprint density at radius 3 is 2.87 bits per heavy atom. The summed E-state index contributed by atoms with van der Waals surface area (Å²) in [5, 5.41) is 11.2. The highest BCUT2D eigenvalue weighted by atomic mass is 32.2. The highest BCUT2D eigenvalue weighted by Crippen LogP contribution is 2.38. The number of esters is 1. The molecule has 0 fully saturated rings. The van der Waals surface area contributed by atoms with Crippen molar-refractivity contribution in [3.8, 4) is 11.5 Å². The molecule has 0 radical (unpaired) electrons. The van der Waals surface area contributed by atoms with Crippen LogP contribution in [0.3, 0.4) is 0 Å². The van der Waals surface area contributed by atoms with E-state index in [0.717, 1.165) is 47.9 Å².